The second kappa shape index (κ2) is 6.20. The van der Waals surface area contributed by atoms with Crippen LogP contribution in [0.5, 0.6) is 5.88 Å². The van der Waals surface area contributed by atoms with Crippen LogP contribution in [0.1, 0.15) is 5.56 Å². The van der Waals surface area contributed by atoms with Gasteiger partial charge >= 0.3 is 0 Å². The number of nitrogens with zero attached hydrogens (tertiary/aromatic N) is 1. The third-order valence-electron chi connectivity index (χ3n) is 3.56. The Morgan fingerprint density at radius 3 is 2.23 bits per heavy atom. The molecule has 110 valence electrons. The predicted octanol–water partition coefficient (Wildman–Crippen LogP) is 5.39. The number of methoxy groups -OCH3 is 1. The highest BCUT2D eigenvalue weighted by molar-refractivity contribution is 6.30. The van der Waals surface area contributed by atoms with Crippen molar-refractivity contribution in [3.8, 4) is 28.3 Å². The number of halogens is 1. The molecule has 0 fully saturated rings. The van der Waals surface area contributed by atoms with E-state index in [1.54, 1.807) is 7.11 Å². The molecule has 3 aromatic rings. The number of pyridine rings is 1. The van der Waals surface area contributed by atoms with E-state index in [0.717, 1.165) is 27.9 Å². The average molecular weight is 310 g/mol. The van der Waals surface area contributed by atoms with Gasteiger partial charge in [0.2, 0.25) is 5.88 Å². The summed E-state index contributed by atoms with van der Waals surface area (Å²) in [5, 5.41) is 0.712. The van der Waals surface area contributed by atoms with Gasteiger partial charge in [-0.15, -0.1) is 0 Å². The highest BCUT2D eigenvalue weighted by Gasteiger charge is 2.13. The van der Waals surface area contributed by atoms with E-state index in [1.165, 1.54) is 0 Å². The Balaban J connectivity index is 2.24. The summed E-state index contributed by atoms with van der Waals surface area (Å²) in [7, 11) is 1.64. The Bertz CT molecular complexity index is 783. The van der Waals surface area contributed by atoms with E-state index in [4.69, 9.17) is 21.3 Å². The van der Waals surface area contributed by atoms with Crippen molar-refractivity contribution in [3.05, 3.63) is 71.2 Å². The SMILES string of the molecule is COc1nc(-c2ccc(Cl)cc2)c(-c2ccccc2)cc1C. The topological polar surface area (TPSA) is 22.1 Å². The molecule has 0 radical (unpaired) electrons. The van der Waals surface area contributed by atoms with Crippen molar-refractivity contribution in [2.75, 3.05) is 7.11 Å². The Hall–Kier alpha value is -2.32. The number of aromatic nitrogens is 1. The Labute approximate surface area is 135 Å². The zero-order valence-electron chi connectivity index (χ0n) is 12.5. The molecule has 0 saturated carbocycles. The molecule has 2 aromatic carbocycles. The third-order valence-corrected chi connectivity index (χ3v) is 3.81. The summed E-state index contributed by atoms with van der Waals surface area (Å²) in [5.74, 6) is 0.643. The van der Waals surface area contributed by atoms with Gasteiger partial charge in [0.15, 0.2) is 0 Å². The van der Waals surface area contributed by atoms with Crippen molar-refractivity contribution in [2.24, 2.45) is 0 Å². The highest BCUT2D eigenvalue weighted by atomic mass is 35.5. The lowest BCUT2D eigenvalue weighted by Crippen LogP contribution is -1.96. The van der Waals surface area contributed by atoms with E-state index in [9.17, 15) is 0 Å². The van der Waals surface area contributed by atoms with Gasteiger partial charge in [0, 0.05) is 21.7 Å². The average Bonchev–Trinajstić information content (AvgIpc) is 2.56. The quantitative estimate of drug-likeness (QED) is 0.647. The van der Waals surface area contributed by atoms with Crippen molar-refractivity contribution in [1.82, 2.24) is 4.98 Å². The number of hydrogen-bond donors (Lipinski definition) is 0. The van der Waals surface area contributed by atoms with E-state index in [1.807, 2.05) is 49.4 Å². The first-order valence-corrected chi connectivity index (χ1v) is 7.44. The zero-order valence-corrected chi connectivity index (χ0v) is 13.3. The first kappa shape index (κ1) is 14.6. The van der Waals surface area contributed by atoms with Crippen LogP contribution in [0.2, 0.25) is 5.02 Å². The van der Waals surface area contributed by atoms with Crippen LogP contribution < -0.4 is 4.74 Å². The van der Waals surface area contributed by atoms with Gasteiger partial charge < -0.3 is 4.74 Å². The van der Waals surface area contributed by atoms with Gasteiger partial charge in [0.25, 0.3) is 0 Å². The van der Waals surface area contributed by atoms with Crippen LogP contribution in [-0.2, 0) is 0 Å². The molecule has 0 unspecified atom stereocenters. The predicted molar refractivity (Wildman–Crippen MR) is 91.4 cm³/mol. The smallest absolute Gasteiger partial charge is 0.216 e. The molecular formula is C19H16ClNO. The van der Waals surface area contributed by atoms with Gasteiger partial charge in [-0.05, 0) is 30.7 Å². The molecular weight excluding hydrogens is 294 g/mol. The lowest BCUT2D eigenvalue weighted by Gasteiger charge is -2.13. The normalized spacial score (nSPS) is 10.5. The fourth-order valence-electron chi connectivity index (χ4n) is 2.47. The molecule has 3 heteroatoms. The molecule has 22 heavy (non-hydrogen) atoms. The molecule has 3 rings (SSSR count). The fourth-order valence-corrected chi connectivity index (χ4v) is 2.59. The van der Waals surface area contributed by atoms with E-state index < -0.39 is 0 Å². The largest absolute Gasteiger partial charge is 0.481 e. The van der Waals surface area contributed by atoms with Crippen molar-refractivity contribution in [2.45, 2.75) is 6.92 Å². The Morgan fingerprint density at radius 1 is 0.909 bits per heavy atom. The summed E-state index contributed by atoms with van der Waals surface area (Å²) in [6.45, 7) is 2.00. The number of hydrogen-bond acceptors (Lipinski definition) is 2. The first-order chi connectivity index (χ1) is 10.7. The highest BCUT2D eigenvalue weighted by Crippen LogP contribution is 2.34. The summed E-state index contributed by atoms with van der Waals surface area (Å²) in [6.07, 6.45) is 0. The summed E-state index contributed by atoms with van der Waals surface area (Å²) >= 11 is 5.99. The number of rotatable bonds is 3. The monoisotopic (exact) mass is 309 g/mol. The van der Waals surface area contributed by atoms with Crippen LogP contribution in [0.15, 0.2) is 60.7 Å². The first-order valence-electron chi connectivity index (χ1n) is 7.06. The van der Waals surface area contributed by atoms with Crippen LogP contribution >= 0.6 is 11.6 Å². The third kappa shape index (κ3) is 2.83. The molecule has 0 amide bonds. The molecule has 0 aliphatic heterocycles. The Morgan fingerprint density at radius 2 is 1.59 bits per heavy atom. The Kier molecular flexibility index (Phi) is 4.12. The summed E-state index contributed by atoms with van der Waals surface area (Å²) < 4.78 is 5.38. The second-order valence-electron chi connectivity index (χ2n) is 5.08. The number of ether oxygens (including phenoxy) is 1. The van der Waals surface area contributed by atoms with Crippen molar-refractivity contribution < 1.29 is 4.74 Å². The lowest BCUT2D eigenvalue weighted by atomic mass is 9.98. The van der Waals surface area contributed by atoms with Gasteiger partial charge in [-0.2, -0.15) is 0 Å². The number of benzene rings is 2. The standard InChI is InChI=1S/C19H16ClNO/c1-13-12-17(14-6-4-3-5-7-14)18(21-19(13)22-2)15-8-10-16(20)11-9-15/h3-12H,1-2H3. The second-order valence-corrected chi connectivity index (χ2v) is 5.52. The molecule has 0 spiro atoms. The molecule has 1 heterocycles. The van der Waals surface area contributed by atoms with E-state index in [0.29, 0.717) is 10.9 Å². The molecule has 2 nitrogen and oxygen atoms in total. The number of aryl methyl sites for hydroxylation is 1. The minimum atomic E-state index is 0.643. The van der Waals surface area contributed by atoms with Gasteiger partial charge in [0.05, 0.1) is 12.8 Å². The van der Waals surface area contributed by atoms with Crippen LogP contribution in [0, 0.1) is 6.92 Å². The van der Waals surface area contributed by atoms with Crippen molar-refractivity contribution in [3.63, 3.8) is 0 Å². The molecule has 0 bridgehead atoms. The van der Waals surface area contributed by atoms with E-state index in [-0.39, 0.29) is 0 Å². The minimum absolute atomic E-state index is 0.643. The lowest BCUT2D eigenvalue weighted by molar-refractivity contribution is 0.395. The van der Waals surface area contributed by atoms with Crippen molar-refractivity contribution in [1.29, 1.82) is 0 Å². The zero-order chi connectivity index (χ0) is 15.5. The van der Waals surface area contributed by atoms with Gasteiger partial charge in [0.1, 0.15) is 0 Å². The molecule has 1 aromatic heterocycles. The minimum Gasteiger partial charge on any atom is -0.481 e. The van der Waals surface area contributed by atoms with E-state index >= 15 is 0 Å². The molecule has 0 N–H and O–H groups in total. The molecule has 0 aliphatic rings. The van der Waals surface area contributed by atoms with Crippen LogP contribution in [0.4, 0.5) is 0 Å². The molecule has 0 atom stereocenters. The maximum atomic E-state index is 5.99. The summed E-state index contributed by atoms with van der Waals surface area (Å²) in [4.78, 5) is 4.70. The van der Waals surface area contributed by atoms with Gasteiger partial charge in [-0.1, -0.05) is 54.1 Å². The van der Waals surface area contributed by atoms with Gasteiger partial charge in [-0.3, -0.25) is 0 Å². The van der Waals surface area contributed by atoms with Crippen LogP contribution in [0.25, 0.3) is 22.4 Å². The maximum absolute atomic E-state index is 5.99. The summed E-state index contributed by atoms with van der Waals surface area (Å²) in [5.41, 5.74) is 5.14. The van der Waals surface area contributed by atoms with Gasteiger partial charge in [-0.25, -0.2) is 4.98 Å². The fraction of sp³-hybridized carbons (Fsp3) is 0.105. The maximum Gasteiger partial charge on any atom is 0.216 e. The molecule has 0 aliphatic carbocycles. The summed E-state index contributed by atoms with van der Waals surface area (Å²) in [6, 6.07) is 20.1. The van der Waals surface area contributed by atoms with Crippen molar-refractivity contribution >= 4 is 11.6 Å². The van der Waals surface area contributed by atoms with Crippen LogP contribution in [0.3, 0.4) is 0 Å². The van der Waals surface area contributed by atoms with E-state index in [2.05, 4.69) is 18.2 Å². The molecule has 0 saturated heterocycles. The van der Waals surface area contributed by atoms with Crippen LogP contribution in [-0.4, -0.2) is 12.1 Å².